The lowest BCUT2D eigenvalue weighted by Gasteiger charge is -2.34. The van der Waals surface area contributed by atoms with Crippen LogP contribution in [0.1, 0.15) is 6.92 Å². The maximum Gasteiger partial charge on any atom is 0.0199 e. The third kappa shape index (κ3) is 3.71. The zero-order valence-electron chi connectivity index (χ0n) is 8.50. The van der Waals surface area contributed by atoms with Crippen LogP contribution in [0.15, 0.2) is 12.2 Å². The molecule has 1 aliphatic heterocycles. The van der Waals surface area contributed by atoms with Crippen molar-refractivity contribution in [3.8, 4) is 0 Å². The minimum atomic E-state index is 0.813. The molecule has 0 aromatic carbocycles. The first-order valence-electron chi connectivity index (χ1n) is 4.98. The van der Waals surface area contributed by atoms with E-state index in [2.05, 4.69) is 35.9 Å². The van der Waals surface area contributed by atoms with E-state index >= 15 is 0 Å². The Morgan fingerprint density at radius 3 is 2.23 bits per heavy atom. The lowest BCUT2D eigenvalue weighted by Crippen LogP contribution is -2.46. The third-order valence-corrected chi connectivity index (χ3v) is 3.03. The van der Waals surface area contributed by atoms with Crippen LogP contribution in [0.5, 0.6) is 0 Å². The van der Waals surface area contributed by atoms with Crippen molar-refractivity contribution in [2.75, 3.05) is 45.0 Å². The lowest BCUT2D eigenvalue weighted by molar-refractivity contribution is 0.146. The maximum atomic E-state index is 4.21. The Kier molecular flexibility index (Phi) is 4.84. The van der Waals surface area contributed by atoms with Crippen molar-refractivity contribution >= 4 is 12.6 Å². The van der Waals surface area contributed by atoms with E-state index in [1.165, 1.54) is 38.3 Å². The van der Waals surface area contributed by atoms with Crippen LogP contribution in [0.3, 0.4) is 0 Å². The van der Waals surface area contributed by atoms with Crippen LogP contribution in [0.25, 0.3) is 0 Å². The Morgan fingerprint density at radius 1 is 1.23 bits per heavy atom. The molecule has 0 N–H and O–H groups in total. The molecule has 0 amide bonds. The van der Waals surface area contributed by atoms with Gasteiger partial charge in [-0.05, 0) is 6.54 Å². The van der Waals surface area contributed by atoms with Crippen LogP contribution in [0, 0.1) is 0 Å². The van der Waals surface area contributed by atoms with Crippen LogP contribution < -0.4 is 0 Å². The lowest BCUT2D eigenvalue weighted by atomic mass is 10.2. The predicted octanol–water partition coefficient (Wildman–Crippen LogP) is 1.11. The van der Waals surface area contributed by atoms with E-state index in [0.717, 1.165) is 12.3 Å². The summed E-state index contributed by atoms with van der Waals surface area (Å²) >= 11 is 4.21. The Hall–Kier alpha value is 0.01000. The van der Waals surface area contributed by atoms with E-state index < -0.39 is 0 Å². The van der Waals surface area contributed by atoms with Crippen molar-refractivity contribution in [1.82, 2.24) is 9.80 Å². The molecule has 0 spiro atoms. The van der Waals surface area contributed by atoms with E-state index in [-0.39, 0.29) is 0 Å². The summed E-state index contributed by atoms with van der Waals surface area (Å²) in [5, 5.41) is 0. The molecule has 1 rings (SSSR count). The quantitative estimate of drug-likeness (QED) is 0.536. The minimum absolute atomic E-state index is 0.813. The molecule has 0 aromatic rings. The van der Waals surface area contributed by atoms with Gasteiger partial charge in [0.05, 0.1) is 0 Å². The topological polar surface area (TPSA) is 6.48 Å². The highest BCUT2D eigenvalue weighted by Gasteiger charge is 2.14. The summed E-state index contributed by atoms with van der Waals surface area (Å²) in [6, 6.07) is 0. The van der Waals surface area contributed by atoms with Gasteiger partial charge in [-0.2, -0.15) is 12.6 Å². The van der Waals surface area contributed by atoms with Gasteiger partial charge in [0.1, 0.15) is 0 Å². The average Bonchev–Trinajstić information content (AvgIpc) is 2.19. The van der Waals surface area contributed by atoms with Crippen molar-refractivity contribution in [3.63, 3.8) is 0 Å². The molecular weight excluding hydrogens is 180 g/mol. The monoisotopic (exact) mass is 200 g/mol. The van der Waals surface area contributed by atoms with Gasteiger partial charge in [-0.3, -0.25) is 4.90 Å². The Morgan fingerprint density at radius 2 is 1.77 bits per heavy atom. The predicted molar refractivity (Wildman–Crippen MR) is 61.5 cm³/mol. The summed E-state index contributed by atoms with van der Waals surface area (Å²) in [4.78, 5) is 4.95. The standard InChI is InChI=1S/C10H20N2S/c1-3-11-4-6-12(7-5-11)8-10(2)9-13/h13H,2-9H2,1H3. The maximum absolute atomic E-state index is 4.21. The van der Waals surface area contributed by atoms with Crippen LogP contribution >= 0.6 is 12.6 Å². The first-order valence-corrected chi connectivity index (χ1v) is 5.61. The van der Waals surface area contributed by atoms with Crippen LogP contribution in [-0.4, -0.2) is 54.8 Å². The molecule has 2 nitrogen and oxygen atoms in total. The number of thiol groups is 1. The van der Waals surface area contributed by atoms with Gasteiger partial charge in [-0.15, -0.1) is 0 Å². The van der Waals surface area contributed by atoms with Crippen LogP contribution in [0.4, 0.5) is 0 Å². The summed E-state index contributed by atoms with van der Waals surface area (Å²) in [7, 11) is 0. The SMILES string of the molecule is C=C(CS)CN1CCN(CC)CC1. The highest BCUT2D eigenvalue weighted by molar-refractivity contribution is 7.80. The summed E-state index contributed by atoms with van der Waals surface area (Å²) in [6.45, 7) is 13.2. The second-order valence-corrected chi connectivity index (χ2v) is 3.93. The molecule has 1 saturated heterocycles. The molecule has 76 valence electrons. The normalized spacial score (nSPS) is 20.5. The number of nitrogens with zero attached hydrogens (tertiary/aromatic N) is 2. The first-order chi connectivity index (χ1) is 6.26. The zero-order valence-corrected chi connectivity index (χ0v) is 9.39. The van der Waals surface area contributed by atoms with Gasteiger partial charge in [0.2, 0.25) is 0 Å². The van der Waals surface area contributed by atoms with Crippen LogP contribution in [0.2, 0.25) is 0 Å². The molecule has 0 bridgehead atoms. The highest BCUT2D eigenvalue weighted by Crippen LogP contribution is 2.04. The summed E-state index contributed by atoms with van der Waals surface area (Å²) in [5.41, 5.74) is 1.23. The van der Waals surface area contributed by atoms with Gasteiger partial charge < -0.3 is 4.90 Å². The van der Waals surface area contributed by atoms with E-state index in [0.29, 0.717) is 0 Å². The summed E-state index contributed by atoms with van der Waals surface area (Å²) in [5.74, 6) is 0.813. The van der Waals surface area contributed by atoms with Gasteiger partial charge in [0.15, 0.2) is 0 Å². The van der Waals surface area contributed by atoms with Crippen LogP contribution in [-0.2, 0) is 0 Å². The number of piperazine rings is 1. The van der Waals surface area contributed by atoms with Crippen molar-refractivity contribution in [1.29, 1.82) is 0 Å². The molecule has 0 radical (unpaired) electrons. The molecule has 13 heavy (non-hydrogen) atoms. The molecule has 1 aliphatic rings. The molecule has 3 heteroatoms. The molecule has 1 fully saturated rings. The molecular formula is C10H20N2S. The number of hydrogen-bond donors (Lipinski definition) is 1. The van der Waals surface area contributed by atoms with Gasteiger partial charge >= 0.3 is 0 Å². The fraction of sp³-hybridized carbons (Fsp3) is 0.800. The summed E-state index contributed by atoms with van der Waals surface area (Å²) < 4.78 is 0. The molecule has 0 aliphatic carbocycles. The minimum Gasteiger partial charge on any atom is -0.301 e. The molecule has 0 aromatic heterocycles. The van der Waals surface area contributed by atoms with Gasteiger partial charge in [-0.1, -0.05) is 19.1 Å². The van der Waals surface area contributed by atoms with E-state index in [9.17, 15) is 0 Å². The Balaban J connectivity index is 2.21. The highest BCUT2D eigenvalue weighted by atomic mass is 32.1. The number of rotatable bonds is 4. The fourth-order valence-corrected chi connectivity index (χ4v) is 1.73. The van der Waals surface area contributed by atoms with E-state index in [1.54, 1.807) is 0 Å². The van der Waals surface area contributed by atoms with Gasteiger partial charge in [-0.25, -0.2) is 0 Å². The van der Waals surface area contributed by atoms with Crippen molar-refractivity contribution < 1.29 is 0 Å². The Labute approximate surface area is 87.0 Å². The van der Waals surface area contributed by atoms with E-state index in [4.69, 9.17) is 0 Å². The summed E-state index contributed by atoms with van der Waals surface area (Å²) in [6.07, 6.45) is 0. The molecule has 0 unspecified atom stereocenters. The smallest absolute Gasteiger partial charge is 0.0199 e. The van der Waals surface area contributed by atoms with Gasteiger partial charge in [0.25, 0.3) is 0 Å². The third-order valence-electron chi connectivity index (χ3n) is 2.58. The molecule has 0 saturated carbocycles. The largest absolute Gasteiger partial charge is 0.301 e. The Bertz CT molecular complexity index is 162. The van der Waals surface area contributed by atoms with Crippen molar-refractivity contribution in [2.45, 2.75) is 6.92 Å². The number of hydrogen-bond acceptors (Lipinski definition) is 3. The van der Waals surface area contributed by atoms with Crippen molar-refractivity contribution in [3.05, 3.63) is 12.2 Å². The fourth-order valence-electron chi connectivity index (χ4n) is 1.63. The second kappa shape index (κ2) is 5.68. The average molecular weight is 200 g/mol. The van der Waals surface area contributed by atoms with E-state index in [1.807, 2.05) is 0 Å². The second-order valence-electron chi connectivity index (χ2n) is 3.62. The van der Waals surface area contributed by atoms with Crippen molar-refractivity contribution in [2.24, 2.45) is 0 Å². The first kappa shape index (κ1) is 11.1. The molecule has 1 heterocycles. The molecule has 0 atom stereocenters. The zero-order chi connectivity index (χ0) is 9.68. The number of likely N-dealkylation sites (N-methyl/N-ethyl adjacent to an activating group) is 1. The van der Waals surface area contributed by atoms with Gasteiger partial charge in [0, 0.05) is 38.5 Å².